The zero-order chi connectivity index (χ0) is 18.1. The van der Waals surface area contributed by atoms with Gasteiger partial charge in [-0.05, 0) is 51.7 Å². The van der Waals surface area contributed by atoms with Crippen LogP contribution in [0, 0.1) is 0 Å². The second-order valence-electron chi connectivity index (χ2n) is 7.12. The monoisotopic (exact) mass is 338 g/mol. The quantitative estimate of drug-likeness (QED) is 0.280. The molecular formula is C20H34O4. The van der Waals surface area contributed by atoms with E-state index < -0.39 is 11.2 Å². The van der Waals surface area contributed by atoms with Gasteiger partial charge in [-0.1, -0.05) is 51.0 Å². The van der Waals surface area contributed by atoms with Crippen LogP contribution < -0.4 is 0 Å². The minimum absolute atomic E-state index is 0.491. The van der Waals surface area contributed by atoms with Gasteiger partial charge in [0.25, 0.3) is 0 Å². The van der Waals surface area contributed by atoms with Gasteiger partial charge in [0.1, 0.15) is 11.2 Å². The van der Waals surface area contributed by atoms with Crippen LogP contribution in [0.3, 0.4) is 0 Å². The van der Waals surface area contributed by atoms with Crippen molar-refractivity contribution in [2.75, 3.05) is 13.2 Å². The zero-order valence-electron chi connectivity index (χ0n) is 16.2. The fourth-order valence-electron chi connectivity index (χ4n) is 2.15. The molecule has 0 unspecified atom stereocenters. The smallest absolute Gasteiger partial charge is 0.123 e. The van der Waals surface area contributed by atoms with Gasteiger partial charge in [-0.2, -0.15) is 0 Å². The van der Waals surface area contributed by atoms with Crippen LogP contribution >= 0.6 is 0 Å². The summed E-state index contributed by atoms with van der Waals surface area (Å²) in [5.74, 6) is 0. The third kappa shape index (κ3) is 6.89. The first-order valence-electron chi connectivity index (χ1n) is 9.05. The molecule has 1 rings (SSSR count). The maximum atomic E-state index is 5.58. The highest BCUT2D eigenvalue weighted by atomic mass is 17.2. The van der Waals surface area contributed by atoms with E-state index in [-0.39, 0.29) is 0 Å². The summed E-state index contributed by atoms with van der Waals surface area (Å²) < 4.78 is 0. The molecule has 0 aliphatic rings. The van der Waals surface area contributed by atoms with Crippen molar-refractivity contribution in [3.8, 4) is 0 Å². The normalized spacial score (nSPS) is 12.6. The summed E-state index contributed by atoms with van der Waals surface area (Å²) in [5, 5.41) is 0. The molecule has 0 spiro atoms. The lowest BCUT2D eigenvalue weighted by Crippen LogP contribution is -2.24. The van der Waals surface area contributed by atoms with Gasteiger partial charge in [0, 0.05) is 0 Å². The van der Waals surface area contributed by atoms with Crippen LogP contribution in [0.15, 0.2) is 24.3 Å². The van der Waals surface area contributed by atoms with Crippen molar-refractivity contribution in [1.29, 1.82) is 0 Å². The van der Waals surface area contributed by atoms with E-state index in [1.165, 1.54) is 0 Å². The first-order chi connectivity index (χ1) is 11.3. The van der Waals surface area contributed by atoms with Gasteiger partial charge in [0.2, 0.25) is 0 Å². The second-order valence-corrected chi connectivity index (χ2v) is 7.12. The van der Waals surface area contributed by atoms with Crippen LogP contribution in [-0.2, 0) is 30.8 Å². The van der Waals surface area contributed by atoms with Crippen molar-refractivity contribution < 1.29 is 19.6 Å². The fraction of sp³-hybridized carbons (Fsp3) is 0.700. The van der Waals surface area contributed by atoms with Gasteiger partial charge in [0.15, 0.2) is 0 Å². The molecule has 0 saturated heterocycles. The van der Waals surface area contributed by atoms with Gasteiger partial charge in [-0.3, -0.25) is 0 Å². The predicted molar refractivity (Wildman–Crippen MR) is 96.4 cm³/mol. The van der Waals surface area contributed by atoms with E-state index in [0.29, 0.717) is 13.2 Å². The van der Waals surface area contributed by atoms with Gasteiger partial charge >= 0.3 is 0 Å². The second kappa shape index (κ2) is 10.1. The predicted octanol–water partition coefficient (Wildman–Crippen LogP) is 5.65. The van der Waals surface area contributed by atoms with E-state index in [4.69, 9.17) is 19.6 Å². The molecule has 24 heavy (non-hydrogen) atoms. The van der Waals surface area contributed by atoms with Crippen molar-refractivity contribution in [2.24, 2.45) is 0 Å². The van der Waals surface area contributed by atoms with E-state index in [1.807, 2.05) is 27.7 Å². The summed E-state index contributed by atoms with van der Waals surface area (Å²) >= 11 is 0. The van der Waals surface area contributed by atoms with Crippen LogP contribution in [-0.4, -0.2) is 13.2 Å². The molecule has 4 nitrogen and oxygen atoms in total. The van der Waals surface area contributed by atoms with Crippen molar-refractivity contribution in [1.82, 2.24) is 0 Å². The highest BCUT2D eigenvalue weighted by Crippen LogP contribution is 2.30. The van der Waals surface area contributed by atoms with Crippen LogP contribution in [0.4, 0.5) is 0 Å². The Balaban J connectivity index is 2.63. The number of rotatable bonds is 12. The lowest BCUT2D eigenvalue weighted by atomic mass is 9.92. The molecule has 0 N–H and O–H groups in total. The summed E-state index contributed by atoms with van der Waals surface area (Å²) in [6.45, 7) is 13.5. The van der Waals surface area contributed by atoms with Crippen LogP contribution in [0.1, 0.15) is 78.4 Å². The SMILES string of the molecule is CCCCOOC(C)(C)c1ccc(C(C)(C)OOCCCC)cc1. The molecule has 1 aromatic rings. The van der Waals surface area contributed by atoms with Crippen LogP contribution in [0.25, 0.3) is 0 Å². The van der Waals surface area contributed by atoms with Crippen molar-refractivity contribution in [3.05, 3.63) is 35.4 Å². The van der Waals surface area contributed by atoms with Crippen LogP contribution in [0.2, 0.25) is 0 Å². The van der Waals surface area contributed by atoms with Gasteiger partial charge < -0.3 is 0 Å². The van der Waals surface area contributed by atoms with Crippen molar-refractivity contribution in [2.45, 2.75) is 78.4 Å². The number of benzene rings is 1. The molecule has 0 radical (unpaired) electrons. The minimum Gasteiger partial charge on any atom is -0.236 e. The average Bonchev–Trinajstić information content (AvgIpc) is 2.56. The van der Waals surface area contributed by atoms with E-state index in [1.54, 1.807) is 0 Å². The molecule has 138 valence electrons. The molecule has 0 aromatic heterocycles. The average molecular weight is 338 g/mol. The number of unbranched alkanes of at least 4 members (excludes halogenated alkanes) is 2. The minimum atomic E-state index is -0.491. The van der Waals surface area contributed by atoms with E-state index in [2.05, 4.69) is 38.1 Å². The lowest BCUT2D eigenvalue weighted by Gasteiger charge is -2.27. The Morgan fingerprint density at radius 2 is 1.00 bits per heavy atom. The Morgan fingerprint density at radius 3 is 1.29 bits per heavy atom. The Morgan fingerprint density at radius 1 is 0.667 bits per heavy atom. The summed E-state index contributed by atoms with van der Waals surface area (Å²) in [6, 6.07) is 8.21. The molecule has 0 heterocycles. The van der Waals surface area contributed by atoms with E-state index in [9.17, 15) is 0 Å². The molecule has 0 amide bonds. The summed E-state index contributed by atoms with van der Waals surface area (Å²) in [4.78, 5) is 21.8. The first-order valence-corrected chi connectivity index (χ1v) is 9.05. The van der Waals surface area contributed by atoms with Crippen molar-refractivity contribution >= 4 is 0 Å². The molecule has 1 aromatic carbocycles. The third-order valence-electron chi connectivity index (χ3n) is 3.97. The Kier molecular flexibility index (Phi) is 8.92. The number of hydrogen-bond donors (Lipinski definition) is 0. The third-order valence-corrected chi connectivity index (χ3v) is 3.97. The summed E-state index contributed by atoms with van der Waals surface area (Å²) in [5.41, 5.74) is 1.14. The standard InChI is InChI=1S/C20H34O4/c1-7-9-15-21-23-19(3,4)17-11-13-18(14-12-17)20(5,6)24-22-16-10-8-2/h11-14H,7-10,15-16H2,1-6H3. The molecule has 0 fully saturated rings. The summed E-state index contributed by atoms with van der Waals surface area (Å²) in [6.07, 6.45) is 4.18. The molecule has 0 aliphatic heterocycles. The number of hydrogen-bond acceptors (Lipinski definition) is 4. The highest BCUT2D eigenvalue weighted by molar-refractivity contribution is 5.29. The first kappa shape index (κ1) is 21.1. The van der Waals surface area contributed by atoms with Crippen molar-refractivity contribution in [3.63, 3.8) is 0 Å². The maximum absolute atomic E-state index is 5.58. The Hall–Kier alpha value is -0.940. The molecule has 0 aliphatic carbocycles. The highest BCUT2D eigenvalue weighted by Gasteiger charge is 2.26. The largest absolute Gasteiger partial charge is 0.236 e. The Labute approximate surface area is 147 Å². The Bertz CT molecular complexity index is 408. The topological polar surface area (TPSA) is 36.9 Å². The van der Waals surface area contributed by atoms with Gasteiger partial charge in [-0.15, -0.1) is 0 Å². The van der Waals surface area contributed by atoms with Gasteiger partial charge in [0.05, 0.1) is 13.2 Å². The van der Waals surface area contributed by atoms with E-state index in [0.717, 1.165) is 36.8 Å². The maximum Gasteiger partial charge on any atom is 0.123 e. The van der Waals surface area contributed by atoms with Gasteiger partial charge in [-0.25, -0.2) is 19.6 Å². The van der Waals surface area contributed by atoms with Crippen LogP contribution in [0.5, 0.6) is 0 Å². The molecule has 4 heteroatoms. The molecule has 0 atom stereocenters. The molecular weight excluding hydrogens is 304 g/mol. The zero-order valence-corrected chi connectivity index (χ0v) is 16.2. The fourth-order valence-corrected chi connectivity index (χ4v) is 2.15. The molecule has 0 saturated carbocycles. The lowest BCUT2D eigenvalue weighted by molar-refractivity contribution is -0.359. The molecule has 0 bridgehead atoms. The summed E-state index contributed by atoms with van der Waals surface area (Å²) in [7, 11) is 0. The van der Waals surface area contributed by atoms with E-state index >= 15 is 0 Å².